The smallest absolute Gasteiger partial charge is 0.325 e. The molecule has 16 heavy (non-hydrogen) atoms. The van der Waals surface area contributed by atoms with Gasteiger partial charge in [-0.3, -0.25) is 4.79 Å². The van der Waals surface area contributed by atoms with Gasteiger partial charge in [0, 0.05) is 0 Å². The summed E-state index contributed by atoms with van der Waals surface area (Å²) in [4.78, 5) is 10.4. The van der Waals surface area contributed by atoms with Crippen LogP contribution in [0.4, 0.5) is 0 Å². The number of hydrogen-bond donors (Lipinski definition) is 1. The molecule has 0 amide bonds. The predicted molar refractivity (Wildman–Crippen MR) is 63.2 cm³/mol. The number of carboxylic acid groups (broad SMARTS) is 1. The fraction of sp³-hybridized carbons (Fsp3) is 0.417. The van der Waals surface area contributed by atoms with Crippen LogP contribution in [0.5, 0.6) is 5.75 Å². The lowest BCUT2D eigenvalue weighted by Crippen LogP contribution is -2.21. The largest absolute Gasteiger partial charge is 0.491 e. The monoisotopic (exact) mass is 242 g/mol. The van der Waals surface area contributed by atoms with Crippen molar-refractivity contribution in [1.82, 2.24) is 0 Å². The molecule has 1 unspecified atom stereocenters. The van der Waals surface area contributed by atoms with Gasteiger partial charge in [0.2, 0.25) is 0 Å². The van der Waals surface area contributed by atoms with E-state index in [0.717, 1.165) is 12.8 Å². The van der Waals surface area contributed by atoms with Crippen molar-refractivity contribution >= 4 is 17.6 Å². The van der Waals surface area contributed by atoms with Gasteiger partial charge in [-0.25, -0.2) is 0 Å². The topological polar surface area (TPSA) is 46.5 Å². The molecule has 0 aliphatic carbocycles. The molecule has 0 saturated heterocycles. The summed E-state index contributed by atoms with van der Waals surface area (Å²) in [5, 5.41) is 7.56. The highest BCUT2D eigenvalue weighted by atomic mass is 35.5. The molecule has 0 spiro atoms. The Kier molecular flexibility index (Phi) is 5.12. The summed E-state index contributed by atoms with van der Waals surface area (Å²) in [6.07, 6.45) is 2.14. The molecule has 0 heterocycles. The molecule has 0 fully saturated rings. The number of benzene rings is 1. The van der Waals surface area contributed by atoms with E-state index in [1.54, 1.807) is 0 Å². The van der Waals surface area contributed by atoms with Crippen molar-refractivity contribution in [2.45, 2.75) is 25.1 Å². The molecule has 3 nitrogen and oxygen atoms in total. The minimum atomic E-state index is -1.07. The zero-order valence-corrected chi connectivity index (χ0v) is 9.91. The standard InChI is InChI=1S/C12H15ClO3/c1-2-3-9-4-6-10(7-5-9)16-8-11(13)12(14)15/h4-7,11H,2-3,8H2,1H3,(H,14,15). The Labute approximate surface area is 100.0 Å². The van der Waals surface area contributed by atoms with Crippen molar-refractivity contribution in [2.24, 2.45) is 0 Å². The first-order chi connectivity index (χ1) is 7.63. The van der Waals surface area contributed by atoms with Crippen molar-refractivity contribution in [2.75, 3.05) is 6.61 Å². The van der Waals surface area contributed by atoms with E-state index >= 15 is 0 Å². The van der Waals surface area contributed by atoms with Crippen LogP contribution in [0, 0.1) is 0 Å². The third kappa shape index (κ3) is 4.11. The lowest BCUT2D eigenvalue weighted by Gasteiger charge is -2.08. The van der Waals surface area contributed by atoms with Gasteiger partial charge in [0.1, 0.15) is 12.4 Å². The van der Waals surface area contributed by atoms with Gasteiger partial charge in [-0.1, -0.05) is 25.5 Å². The van der Waals surface area contributed by atoms with E-state index in [1.165, 1.54) is 5.56 Å². The number of rotatable bonds is 6. The average Bonchev–Trinajstić information content (AvgIpc) is 2.28. The average molecular weight is 243 g/mol. The van der Waals surface area contributed by atoms with Gasteiger partial charge in [0.15, 0.2) is 5.38 Å². The molecule has 4 heteroatoms. The number of alkyl halides is 1. The summed E-state index contributed by atoms with van der Waals surface area (Å²) in [5.74, 6) is -0.420. The van der Waals surface area contributed by atoms with Gasteiger partial charge in [-0.15, -0.1) is 11.6 Å². The Bertz CT molecular complexity index is 335. The number of aryl methyl sites for hydroxylation is 1. The summed E-state index contributed by atoms with van der Waals surface area (Å²) >= 11 is 5.52. The van der Waals surface area contributed by atoms with Crippen LogP contribution in [-0.2, 0) is 11.2 Å². The first-order valence-corrected chi connectivity index (χ1v) is 5.65. The van der Waals surface area contributed by atoms with Gasteiger partial charge in [-0.2, -0.15) is 0 Å². The van der Waals surface area contributed by atoms with Crippen LogP contribution in [0.2, 0.25) is 0 Å². The van der Waals surface area contributed by atoms with Crippen molar-refractivity contribution in [3.63, 3.8) is 0 Å². The van der Waals surface area contributed by atoms with E-state index < -0.39 is 11.3 Å². The zero-order valence-electron chi connectivity index (χ0n) is 9.15. The van der Waals surface area contributed by atoms with E-state index in [0.29, 0.717) is 5.75 Å². The molecule has 0 aliphatic heterocycles. The maximum atomic E-state index is 10.4. The van der Waals surface area contributed by atoms with Crippen molar-refractivity contribution in [3.8, 4) is 5.75 Å². The van der Waals surface area contributed by atoms with Gasteiger partial charge < -0.3 is 9.84 Å². The quantitative estimate of drug-likeness (QED) is 0.781. The lowest BCUT2D eigenvalue weighted by atomic mass is 10.1. The second kappa shape index (κ2) is 6.38. The van der Waals surface area contributed by atoms with Gasteiger partial charge >= 0.3 is 5.97 Å². The van der Waals surface area contributed by atoms with E-state index in [1.807, 2.05) is 24.3 Å². The summed E-state index contributed by atoms with van der Waals surface area (Å²) in [6.45, 7) is 2.10. The summed E-state index contributed by atoms with van der Waals surface area (Å²) in [5.41, 5.74) is 1.25. The Morgan fingerprint density at radius 2 is 2.06 bits per heavy atom. The number of ether oxygens (including phenoxy) is 1. The minimum absolute atomic E-state index is 0.0238. The predicted octanol–water partition coefficient (Wildman–Crippen LogP) is 2.71. The second-order valence-electron chi connectivity index (χ2n) is 3.51. The molecule has 0 aliphatic rings. The van der Waals surface area contributed by atoms with Crippen molar-refractivity contribution in [1.29, 1.82) is 0 Å². The lowest BCUT2D eigenvalue weighted by molar-refractivity contribution is -0.137. The normalized spacial score (nSPS) is 12.1. The van der Waals surface area contributed by atoms with Crippen LogP contribution in [0.15, 0.2) is 24.3 Å². The molecule has 88 valence electrons. The minimum Gasteiger partial charge on any atom is -0.491 e. The maximum Gasteiger partial charge on any atom is 0.325 e. The molecular weight excluding hydrogens is 228 g/mol. The molecule has 0 radical (unpaired) electrons. The van der Waals surface area contributed by atoms with Gasteiger partial charge in [0.25, 0.3) is 0 Å². The third-order valence-corrected chi connectivity index (χ3v) is 2.44. The van der Waals surface area contributed by atoms with E-state index in [-0.39, 0.29) is 6.61 Å². The number of halogens is 1. The molecule has 1 rings (SSSR count). The Balaban J connectivity index is 2.46. The highest BCUT2D eigenvalue weighted by Crippen LogP contribution is 2.14. The summed E-state index contributed by atoms with van der Waals surface area (Å²) in [6, 6.07) is 7.61. The van der Waals surface area contributed by atoms with E-state index in [4.69, 9.17) is 21.4 Å². The molecule has 0 bridgehead atoms. The SMILES string of the molecule is CCCc1ccc(OCC(Cl)C(=O)O)cc1. The highest BCUT2D eigenvalue weighted by Gasteiger charge is 2.13. The fourth-order valence-corrected chi connectivity index (χ4v) is 1.34. The number of hydrogen-bond acceptors (Lipinski definition) is 2. The van der Waals surface area contributed by atoms with E-state index in [2.05, 4.69) is 6.92 Å². The number of carboxylic acids is 1. The van der Waals surface area contributed by atoms with Gasteiger partial charge in [0.05, 0.1) is 0 Å². The van der Waals surface area contributed by atoms with E-state index in [9.17, 15) is 4.79 Å². The molecule has 1 aromatic carbocycles. The van der Waals surface area contributed by atoms with Crippen LogP contribution in [0.3, 0.4) is 0 Å². The van der Waals surface area contributed by atoms with Gasteiger partial charge in [-0.05, 0) is 24.1 Å². The van der Waals surface area contributed by atoms with Crippen LogP contribution in [-0.4, -0.2) is 23.1 Å². The zero-order chi connectivity index (χ0) is 12.0. The fourth-order valence-electron chi connectivity index (χ4n) is 1.28. The van der Waals surface area contributed by atoms with Crippen LogP contribution in [0.1, 0.15) is 18.9 Å². The van der Waals surface area contributed by atoms with Crippen LogP contribution >= 0.6 is 11.6 Å². The molecule has 1 aromatic rings. The molecular formula is C12H15ClO3. The van der Waals surface area contributed by atoms with Crippen molar-refractivity contribution < 1.29 is 14.6 Å². The Hall–Kier alpha value is -1.22. The number of carbonyl (C=O) groups is 1. The van der Waals surface area contributed by atoms with Crippen LogP contribution in [0.25, 0.3) is 0 Å². The van der Waals surface area contributed by atoms with Crippen LogP contribution < -0.4 is 4.74 Å². The Morgan fingerprint density at radius 1 is 1.44 bits per heavy atom. The van der Waals surface area contributed by atoms with Crippen molar-refractivity contribution in [3.05, 3.63) is 29.8 Å². The summed E-state index contributed by atoms with van der Waals surface area (Å²) in [7, 11) is 0. The molecule has 0 saturated carbocycles. The third-order valence-electron chi connectivity index (χ3n) is 2.13. The number of aliphatic carboxylic acids is 1. The summed E-state index contributed by atoms with van der Waals surface area (Å²) < 4.78 is 5.25. The first-order valence-electron chi connectivity index (χ1n) is 5.22. The molecule has 1 N–H and O–H groups in total. The maximum absolute atomic E-state index is 10.4. The highest BCUT2D eigenvalue weighted by molar-refractivity contribution is 6.29. The molecule has 1 atom stereocenters. The first kappa shape index (κ1) is 12.8. The second-order valence-corrected chi connectivity index (χ2v) is 4.04. The Morgan fingerprint density at radius 3 is 2.56 bits per heavy atom. The molecule has 0 aromatic heterocycles.